The van der Waals surface area contributed by atoms with Crippen LogP contribution in [0.25, 0.3) is 0 Å². The first kappa shape index (κ1) is 19.3. The largest absolute Gasteiger partial charge is 0.393 e. The first-order chi connectivity index (χ1) is 13.7. The van der Waals surface area contributed by atoms with Crippen LogP contribution in [0.1, 0.15) is 55.7 Å². The van der Waals surface area contributed by atoms with E-state index in [9.17, 15) is 5.11 Å². The molecule has 0 amide bonds. The van der Waals surface area contributed by atoms with Gasteiger partial charge in [0.15, 0.2) is 0 Å². The number of halogens is 1. The van der Waals surface area contributed by atoms with E-state index in [0.717, 1.165) is 68.6 Å². The maximum atomic E-state index is 9.70. The van der Waals surface area contributed by atoms with Crippen molar-refractivity contribution in [2.24, 2.45) is 0 Å². The third kappa shape index (κ3) is 4.85. The molecule has 4 rings (SSSR count). The van der Waals surface area contributed by atoms with Crippen LogP contribution in [0.2, 0.25) is 5.15 Å². The maximum absolute atomic E-state index is 9.70. The number of hydrogen-bond acceptors (Lipinski definition) is 5. The van der Waals surface area contributed by atoms with Gasteiger partial charge in [0.2, 0.25) is 0 Å². The first-order valence-electron chi connectivity index (χ1n) is 9.91. The molecule has 0 unspecified atom stereocenters. The molecule has 2 aromatic heterocycles. The van der Waals surface area contributed by atoms with E-state index in [1.54, 1.807) is 12.4 Å². The predicted molar refractivity (Wildman–Crippen MR) is 108 cm³/mol. The molecule has 0 spiro atoms. The first-order valence-corrected chi connectivity index (χ1v) is 10.3. The minimum absolute atomic E-state index is 0.175. The van der Waals surface area contributed by atoms with Crippen molar-refractivity contribution in [2.45, 2.75) is 56.7 Å². The third-order valence-electron chi connectivity index (χ3n) is 5.43. The summed E-state index contributed by atoms with van der Waals surface area (Å²) >= 11 is 6.10. The van der Waals surface area contributed by atoms with Crippen LogP contribution in [0.15, 0.2) is 24.7 Å². The molecule has 148 valence electrons. The molecule has 28 heavy (non-hydrogen) atoms. The SMILES string of the molecule is OC1CCC(Nc2cc(Cl)ncc2C#Cc2cnn(C3CCOCC3)c2)CC1. The number of nitrogens with one attached hydrogen (secondary N) is 1. The highest BCUT2D eigenvalue weighted by molar-refractivity contribution is 6.29. The smallest absolute Gasteiger partial charge is 0.131 e. The van der Waals surface area contributed by atoms with Crippen molar-refractivity contribution in [3.05, 3.63) is 40.9 Å². The Morgan fingerprint density at radius 1 is 1.11 bits per heavy atom. The zero-order valence-electron chi connectivity index (χ0n) is 15.8. The van der Waals surface area contributed by atoms with Crippen molar-refractivity contribution in [3.63, 3.8) is 0 Å². The Kier molecular flexibility index (Phi) is 6.16. The van der Waals surface area contributed by atoms with E-state index in [4.69, 9.17) is 16.3 Å². The topological polar surface area (TPSA) is 72.2 Å². The predicted octanol–water partition coefficient (Wildman–Crippen LogP) is 3.40. The second-order valence-corrected chi connectivity index (χ2v) is 7.89. The minimum Gasteiger partial charge on any atom is -0.393 e. The van der Waals surface area contributed by atoms with E-state index < -0.39 is 0 Å². The normalized spacial score (nSPS) is 23.1. The molecule has 2 fully saturated rings. The monoisotopic (exact) mass is 400 g/mol. The summed E-state index contributed by atoms with van der Waals surface area (Å²) in [7, 11) is 0. The van der Waals surface area contributed by atoms with Crippen molar-refractivity contribution < 1.29 is 9.84 Å². The van der Waals surface area contributed by atoms with Gasteiger partial charge in [0.25, 0.3) is 0 Å². The van der Waals surface area contributed by atoms with E-state index in [-0.39, 0.29) is 6.10 Å². The fourth-order valence-electron chi connectivity index (χ4n) is 3.78. The molecule has 6 nitrogen and oxygen atoms in total. The summed E-state index contributed by atoms with van der Waals surface area (Å²) in [5, 5.41) is 18.1. The number of pyridine rings is 1. The molecule has 0 aromatic carbocycles. The molecule has 1 saturated heterocycles. The van der Waals surface area contributed by atoms with Crippen molar-refractivity contribution in [2.75, 3.05) is 18.5 Å². The number of aliphatic hydroxyl groups is 1. The van der Waals surface area contributed by atoms with Crippen LogP contribution in [0.3, 0.4) is 0 Å². The Labute approximate surface area is 170 Å². The van der Waals surface area contributed by atoms with Gasteiger partial charge in [-0.05, 0) is 44.6 Å². The summed E-state index contributed by atoms with van der Waals surface area (Å²) in [5.41, 5.74) is 2.59. The summed E-state index contributed by atoms with van der Waals surface area (Å²) in [6.07, 6.45) is 10.8. The third-order valence-corrected chi connectivity index (χ3v) is 5.64. The number of aromatic nitrogens is 3. The van der Waals surface area contributed by atoms with Crippen LogP contribution in [0.4, 0.5) is 5.69 Å². The van der Waals surface area contributed by atoms with Crippen molar-refractivity contribution in [1.82, 2.24) is 14.8 Å². The summed E-state index contributed by atoms with van der Waals surface area (Å²) in [6.45, 7) is 1.57. The standard InChI is InChI=1S/C21H25ClN4O2/c22-21-11-20(25-17-3-5-19(27)6-4-17)16(13-23-21)2-1-15-12-24-26(14-15)18-7-9-28-10-8-18/h11-14,17-19,27H,3-10H2,(H,23,25). The van der Waals surface area contributed by atoms with E-state index >= 15 is 0 Å². The van der Waals surface area contributed by atoms with E-state index in [1.165, 1.54) is 0 Å². The Morgan fingerprint density at radius 2 is 1.89 bits per heavy atom. The van der Waals surface area contributed by atoms with Gasteiger partial charge in [0.1, 0.15) is 5.15 Å². The van der Waals surface area contributed by atoms with Gasteiger partial charge in [-0.1, -0.05) is 23.4 Å². The number of hydrogen-bond donors (Lipinski definition) is 2. The molecular weight excluding hydrogens is 376 g/mol. The fourth-order valence-corrected chi connectivity index (χ4v) is 3.94. The van der Waals surface area contributed by atoms with E-state index in [2.05, 4.69) is 27.2 Å². The molecule has 0 atom stereocenters. The summed E-state index contributed by atoms with van der Waals surface area (Å²) in [6, 6.07) is 2.53. The highest BCUT2D eigenvalue weighted by Gasteiger charge is 2.20. The van der Waals surface area contributed by atoms with Gasteiger partial charge >= 0.3 is 0 Å². The van der Waals surface area contributed by atoms with Crippen LogP contribution in [0.5, 0.6) is 0 Å². The molecule has 2 aromatic rings. The Balaban J connectivity index is 1.48. The van der Waals surface area contributed by atoms with Crippen molar-refractivity contribution in [1.29, 1.82) is 0 Å². The van der Waals surface area contributed by atoms with Crippen LogP contribution in [-0.2, 0) is 4.74 Å². The van der Waals surface area contributed by atoms with Gasteiger partial charge in [-0.3, -0.25) is 4.68 Å². The summed E-state index contributed by atoms with van der Waals surface area (Å²) in [4.78, 5) is 4.18. The molecule has 0 bridgehead atoms. The number of nitrogens with zero attached hydrogens (tertiary/aromatic N) is 3. The van der Waals surface area contributed by atoms with Gasteiger partial charge in [0.05, 0.1) is 35.2 Å². The number of aliphatic hydroxyl groups excluding tert-OH is 1. The average molecular weight is 401 g/mol. The lowest BCUT2D eigenvalue weighted by Crippen LogP contribution is -2.28. The molecule has 2 N–H and O–H groups in total. The van der Waals surface area contributed by atoms with Crippen LogP contribution < -0.4 is 5.32 Å². The van der Waals surface area contributed by atoms with Gasteiger partial charge in [-0.15, -0.1) is 0 Å². The zero-order valence-corrected chi connectivity index (χ0v) is 16.5. The van der Waals surface area contributed by atoms with Crippen LogP contribution >= 0.6 is 11.6 Å². The lowest BCUT2D eigenvalue weighted by molar-refractivity contribution is 0.0662. The van der Waals surface area contributed by atoms with Crippen LogP contribution in [0, 0.1) is 11.8 Å². The van der Waals surface area contributed by atoms with Crippen molar-refractivity contribution >= 4 is 17.3 Å². The molecule has 1 saturated carbocycles. The van der Waals surface area contributed by atoms with Gasteiger partial charge in [-0.2, -0.15) is 5.10 Å². The second-order valence-electron chi connectivity index (χ2n) is 7.50. The highest BCUT2D eigenvalue weighted by Crippen LogP contribution is 2.25. The molecule has 3 heterocycles. The van der Waals surface area contributed by atoms with E-state index in [0.29, 0.717) is 17.2 Å². The molecule has 1 aliphatic heterocycles. The van der Waals surface area contributed by atoms with E-state index in [1.807, 2.05) is 16.9 Å². The van der Waals surface area contributed by atoms with Gasteiger partial charge in [-0.25, -0.2) is 4.98 Å². The molecule has 0 radical (unpaired) electrons. The quantitative estimate of drug-likeness (QED) is 0.610. The second kappa shape index (κ2) is 8.95. The lowest BCUT2D eigenvalue weighted by atomic mass is 9.93. The Morgan fingerprint density at radius 3 is 2.68 bits per heavy atom. The highest BCUT2D eigenvalue weighted by atomic mass is 35.5. The molecule has 1 aliphatic carbocycles. The fraction of sp³-hybridized carbons (Fsp3) is 0.524. The zero-order chi connectivity index (χ0) is 19.3. The minimum atomic E-state index is -0.175. The molecular formula is C21H25ClN4O2. The number of rotatable bonds is 3. The van der Waals surface area contributed by atoms with Crippen molar-refractivity contribution in [3.8, 4) is 11.8 Å². The Hall–Kier alpha value is -2.07. The molecule has 7 heteroatoms. The number of anilines is 1. The molecule has 2 aliphatic rings. The average Bonchev–Trinajstić information content (AvgIpc) is 3.19. The maximum Gasteiger partial charge on any atom is 0.131 e. The van der Waals surface area contributed by atoms with Gasteiger partial charge < -0.3 is 15.2 Å². The lowest BCUT2D eigenvalue weighted by Gasteiger charge is -2.27. The summed E-state index contributed by atoms with van der Waals surface area (Å²) < 4.78 is 7.42. The summed E-state index contributed by atoms with van der Waals surface area (Å²) in [5.74, 6) is 6.41. The Bertz CT molecular complexity index is 859. The van der Waals surface area contributed by atoms with Gasteiger partial charge in [0, 0.05) is 31.6 Å². The van der Waals surface area contributed by atoms with Crippen LogP contribution in [-0.4, -0.2) is 45.2 Å². The number of ether oxygens (including phenoxy) is 1.